The maximum Gasteiger partial charge on any atom is 0.317 e. The molecule has 0 radical (unpaired) electrons. The van der Waals surface area contributed by atoms with E-state index < -0.39 is 10.8 Å². The lowest BCUT2D eigenvalue weighted by Gasteiger charge is -2.11. The van der Waals surface area contributed by atoms with E-state index in [4.69, 9.17) is 14.6 Å². The SMILES string of the molecule is COc1ccc(C[C@@H](Br)C(=O)O)c(OC)c1. The van der Waals surface area contributed by atoms with Crippen LogP contribution in [0.15, 0.2) is 18.2 Å². The van der Waals surface area contributed by atoms with Crippen LogP contribution in [0.25, 0.3) is 0 Å². The molecule has 0 fully saturated rings. The summed E-state index contributed by atoms with van der Waals surface area (Å²) in [7, 11) is 3.11. The molecule has 1 aromatic carbocycles. The highest BCUT2D eigenvalue weighted by molar-refractivity contribution is 9.10. The van der Waals surface area contributed by atoms with Crippen LogP contribution in [0, 0.1) is 0 Å². The Kier molecular flexibility index (Phi) is 4.61. The van der Waals surface area contributed by atoms with Gasteiger partial charge >= 0.3 is 5.97 Å². The van der Waals surface area contributed by atoms with Crippen LogP contribution in [0.1, 0.15) is 5.56 Å². The van der Waals surface area contributed by atoms with Gasteiger partial charge in [-0.25, -0.2) is 0 Å². The van der Waals surface area contributed by atoms with E-state index in [9.17, 15) is 4.79 Å². The predicted molar refractivity (Wildman–Crippen MR) is 63.6 cm³/mol. The maximum absolute atomic E-state index is 10.7. The quantitative estimate of drug-likeness (QED) is 0.843. The Morgan fingerprint density at radius 2 is 2.12 bits per heavy atom. The number of hydrogen-bond donors (Lipinski definition) is 1. The molecule has 88 valence electrons. The van der Waals surface area contributed by atoms with Gasteiger partial charge in [0.15, 0.2) is 0 Å². The Morgan fingerprint density at radius 1 is 1.44 bits per heavy atom. The third kappa shape index (κ3) is 3.13. The van der Waals surface area contributed by atoms with Crippen molar-refractivity contribution in [3.63, 3.8) is 0 Å². The number of methoxy groups -OCH3 is 2. The molecule has 0 aliphatic heterocycles. The second kappa shape index (κ2) is 5.75. The first-order valence-corrected chi connectivity index (χ1v) is 5.57. The second-order valence-corrected chi connectivity index (χ2v) is 4.29. The van der Waals surface area contributed by atoms with Crippen molar-refractivity contribution in [2.45, 2.75) is 11.2 Å². The van der Waals surface area contributed by atoms with E-state index >= 15 is 0 Å². The number of hydrogen-bond acceptors (Lipinski definition) is 3. The number of aliphatic carboxylic acids is 1. The molecule has 1 N–H and O–H groups in total. The van der Waals surface area contributed by atoms with Crippen molar-refractivity contribution in [1.82, 2.24) is 0 Å². The fraction of sp³-hybridized carbons (Fsp3) is 0.364. The van der Waals surface area contributed by atoms with Crippen LogP contribution in [-0.4, -0.2) is 30.1 Å². The number of benzene rings is 1. The molecule has 0 unspecified atom stereocenters. The van der Waals surface area contributed by atoms with E-state index in [0.717, 1.165) is 5.56 Å². The van der Waals surface area contributed by atoms with Crippen LogP contribution in [0.3, 0.4) is 0 Å². The first-order chi connectivity index (χ1) is 7.58. The molecule has 0 aliphatic carbocycles. The third-order valence-electron chi connectivity index (χ3n) is 2.16. The Labute approximate surface area is 102 Å². The number of carboxylic acid groups (broad SMARTS) is 1. The van der Waals surface area contributed by atoms with Crippen LogP contribution in [0.2, 0.25) is 0 Å². The number of carbonyl (C=O) groups is 1. The van der Waals surface area contributed by atoms with Gasteiger partial charge in [0.2, 0.25) is 0 Å². The van der Waals surface area contributed by atoms with Crippen molar-refractivity contribution in [3.05, 3.63) is 23.8 Å². The van der Waals surface area contributed by atoms with Gasteiger partial charge in [-0.2, -0.15) is 0 Å². The Morgan fingerprint density at radius 3 is 2.62 bits per heavy atom. The van der Waals surface area contributed by atoms with Crippen LogP contribution < -0.4 is 9.47 Å². The summed E-state index contributed by atoms with van der Waals surface area (Å²) in [6.45, 7) is 0. The fourth-order valence-corrected chi connectivity index (χ4v) is 1.65. The molecule has 0 spiro atoms. The van der Waals surface area contributed by atoms with E-state index in [1.165, 1.54) is 0 Å². The molecule has 0 bridgehead atoms. The van der Waals surface area contributed by atoms with Crippen LogP contribution in [0.5, 0.6) is 11.5 Å². The summed E-state index contributed by atoms with van der Waals surface area (Å²) in [5, 5.41) is 8.80. The molecular weight excluding hydrogens is 276 g/mol. The summed E-state index contributed by atoms with van der Waals surface area (Å²) in [6, 6.07) is 5.31. The summed E-state index contributed by atoms with van der Waals surface area (Å²) < 4.78 is 10.2. The molecule has 16 heavy (non-hydrogen) atoms. The molecule has 0 saturated carbocycles. The molecule has 1 atom stereocenters. The minimum atomic E-state index is -0.891. The highest BCUT2D eigenvalue weighted by Gasteiger charge is 2.16. The summed E-state index contributed by atoms with van der Waals surface area (Å²) in [4.78, 5) is 10.1. The molecule has 4 nitrogen and oxygen atoms in total. The van der Waals surface area contributed by atoms with Crippen LogP contribution in [0.4, 0.5) is 0 Å². The molecule has 1 rings (SSSR count). The number of ether oxygens (including phenoxy) is 2. The summed E-state index contributed by atoms with van der Waals surface area (Å²) >= 11 is 3.09. The van der Waals surface area contributed by atoms with Gasteiger partial charge in [0.05, 0.1) is 14.2 Å². The van der Waals surface area contributed by atoms with Gasteiger partial charge in [0.1, 0.15) is 16.3 Å². The first-order valence-electron chi connectivity index (χ1n) is 4.66. The molecule has 0 saturated heterocycles. The van der Waals surface area contributed by atoms with Gasteiger partial charge in [-0.15, -0.1) is 0 Å². The average molecular weight is 289 g/mol. The fourth-order valence-electron chi connectivity index (χ4n) is 1.30. The zero-order valence-corrected chi connectivity index (χ0v) is 10.7. The van der Waals surface area contributed by atoms with Crippen molar-refractivity contribution in [2.24, 2.45) is 0 Å². The van der Waals surface area contributed by atoms with Crippen molar-refractivity contribution < 1.29 is 19.4 Å². The van der Waals surface area contributed by atoms with Crippen molar-refractivity contribution in [2.75, 3.05) is 14.2 Å². The molecule has 0 aliphatic rings. The van der Waals surface area contributed by atoms with E-state index in [1.807, 2.05) is 0 Å². The largest absolute Gasteiger partial charge is 0.497 e. The lowest BCUT2D eigenvalue weighted by Crippen LogP contribution is -2.15. The average Bonchev–Trinajstić information content (AvgIpc) is 2.29. The number of halogens is 1. The van der Waals surface area contributed by atoms with Crippen LogP contribution in [-0.2, 0) is 11.2 Å². The molecule has 0 heterocycles. The highest BCUT2D eigenvalue weighted by atomic mass is 79.9. The topological polar surface area (TPSA) is 55.8 Å². The van der Waals surface area contributed by atoms with E-state index in [-0.39, 0.29) is 0 Å². The first kappa shape index (κ1) is 12.8. The molecular formula is C11H13BrO4. The van der Waals surface area contributed by atoms with Crippen molar-refractivity contribution in [1.29, 1.82) is 0 Å². The van der Waals surface area contributed by atoms with Gasteiger partial charge in [0.25, 0.3) is 0 Å². The number of alkyl halides is 1. The van der Waals surface area contributed by atoms with E-state index in [1.54, 1.807) is 32.4 Å². The lowest BCUT2D eigenvalue weighted by atomic mass is 10.1. The van der Waals surface area contributed by atoms with Gasteiger partial charge in [0, 0.05) is 6.07 Å². The molecule has 0 aromatic heterocycles. The maximum atomic E-state index is 10.7. The minimum Gasteiger partial charge on any atom is -0.497 e. The summed E-state index contributed by atoms with van der Waals surface area (Å²) in [6.07, 6.45) is 0.364. The van der Waals surface area contributed by atoms with E-state index in [2.05, 4.69) is 15.9 Å². The minimum absolute atomic E-state index is 0.364. The standard InChI is InChI=1S/C11H13BrO4/c1-15-8-4-3-7(10(6-8)16-2)5-9(12)11(13)14/h3-4,6,9H,5H2,1-2H3,(H,13,14)/t9-/m1/s1. The van der Waals surface area contributed by atoms with Crippen LogP contribution >= 0.6 is 15.9 Å². The van der Waals surface area contributed by atoms with Crippen molar-refractivity contribution in [3.8, 4) is 11.5 Å². The lowest BCUT2D eigenvalue weighted by molar-refractivity contribution is -0.136. The zero-order chi connectivity index (χ0) is 12.1. The number of rotatable bonds is 5. The van der Waals surface area contributed by atoms with E-state index in [0.29, 0.717) is 17.9 Å². The Balaban J connectivity index is 2.91. The monoisotopic (exact) mass is 288 g/mol. The van der Waals surface area contributed by atoms with Gasteiger partial charge < -0.3 is 14.6 Å². The molecule has 5 heteroatoms. The molecule has 1 aromatic rings. The van der Waals surface area contributed by atoms with Gasteiger partial charge in [-0.3, -0.25) is 4.79 Å². The highest BCUT2D eigenvalue weighted by Crippen LogP contribution is 2.26. The summed E-state index contributed by atoms with van der Waals surface area (Å²) in [5.74, 6) is 0.421. The Hall–Kier alpha value is -1.23. The van der Waals surface area contributed by atoms with Crippen molar-refractivity contribution >= 4 is 21.9 Å². The molecule has 0 amide bonds. The normalized spacial score (nSPS) is 11.9. The second-order valence-electron chi connectivity index (χ2n) is 3.19. The van der Waals surface area contributed by atoms with Gasteiger partial charge in [-0.1, -0.05) is 22.0 Å². The number of carboxylic acids is 1. The zero-order valence-electron chi connectivity index (χ0n) is 9.07. The Bertz CT molecular complexity index is 378. The summed E-state index contributed by atoms with van der Waals surface area (Å²) in [5.41, 5.74) is 0.826. The third-order valence-corrected chi connectivity index (χ3v) is 2.88. The van der Waals surface area contributed by atoms with Gasteiger partial charge in [-0.05, 0) is 18.1 Å². The predicted octanol–water partition coefficient (Wildman–Crippen LogP) is 2.09. The smallest absolute Gasteiger partial charge is 0.317 e.